The molecule has 2 aromatic rings. The molecule has 0 N–H and O–H groups in total. The lowest BCUT2D eigenvalue weighted by Crippen LogP contribution is -2.51. The minimum absolute atomic E-state index is 0.0342. The summed E-state index contributed by atoms with van der Waals surface area (Å²) in [6.07, 6.45) is 0.238. The summed E-state index contributed by atoms with van der Waals surface area (Å²) in [6, 6.07) is 14.0. The Balaban J connectivity index is 1.06. The lowest BCUT2D eigenvalue weighted by atomic mass is 9.87. The van der Waals surface area contributed by atoms with Gasteiger partial charge in [0.1, 0.15) is 23.7 Å². The van der Waals surface area contributed by atoms with Crippen molar-refractivity contribution in [3.63, 3.8) is 0 Å². The molecule has 5 rings (SSSR count). The summed E-state index contributed by atoms with van der Waals surface area (Å²) < 4.78 is 45.5. The van der Waals surface area contributed by atoms with Gasteiger partial charge in [-0.05, 0) is 29.8 Å². The second kappa shape index (κ2) is 11.3. The predicted octanol–water partition coefficient (Wildman–Crippen LogP) is 2.54. The predicted molar refractivity (Wildman–Crippen MR) is 136 cm³/mol. The summed E-state index contributed by atoms with van der Waals surface area (Å²) in [4.78, 5) is 37.7. The normalized spacial score (nSPS) is 19.8. The van der Waals surface area contributed by atoms with E-state index in [4.69, 9.17) is 14.4 Å². The van der Waals surface area contributed by atoms with Crippen molar-refractivity contribution in [2.75, 3.05) is 39.3 Å². The monoisotopic (exact) mass is 560 g/mol. The van der Waals surface area contributed by atoms with Gasteiger partial charge in [0.05, 0.1) is 18.0 Å². The van der Waals surface area contributed by atoms with E-state index in [1.54, 1.807) is 4.90 Å². The lowest BCUT2D eigenvalue weighted by molar-refractivity contribution is -0.154. The van der Waals surface area contributed by atoms with Gasteiger partial charge in [-0.2, -0.15) is 4.31 Å². The van der Waals surface area contributed by atoms with E-state index in [0.29, 0.717) is 51.2 Å². The minimum Gasteiger partial charge on any atom is -0.428 e. The summed E-state index contributed by atoms with van der Waals surface area (Å²) in [5.41, 5.74) is 0.414. The quantitative estimate of drug-likeness (QED) is 0.495. The van der Waals surface area contributed by atoms with Gasteiger partial charge in [0.2, 0.25) is 10.0 Å². The highest BCUT2D eigenvalue weighted by molar-refractivity contribution is 7.89. The van der Waals surface area contributed by atoms with Crippen LogP contribution in [0, 0.1) is 5.82 Å². The van der Waals surface area contributed by atoms with E-state index in [-0.39, 0.29) is 30.5 Å². The van der Waals surface area contributed by atoms with Crippen molar-refractivity contribution in [2.45, 2.75) is 36.4 Å². The number of oxime groups is 1. The Hall–Kier alpha value is -3.55. The van der Waals surface area contributed by atoms with E-state index >= 15 is 0 Å². The minimum atomic E-state index is -3.75. The topological polar surface area (TPSA) is 118 Å². The molecule has 0 aromatic heterocycles. The van der Waals surface area contributed by atoms with Crippen molar-refractivity contribution in [3.05, 3.63) is 66.0 Å². The van der Waals surface area contributed by atoms with Crippen molar-refractivity contribution in [1.29, 1.82) is 0 Å². The Kier molecular flexibility index (Phi) is 7.82. The van der Waals surface area contributed by atoms with Crippen LogP contribution < -0.4 is 0 Å². The number of hydrogen-bond acceptors (Lipinski definition) is 9. The van der Waals surface area contributed by atoms with Crippen LogP contribution in [-0.2, 0) is 35.8 Å². The van der Waals surface area contributed by atoms with Crippen LogP contribution in [0.15, 0.2) is 64.6 Å². The number of hydrogen-bond donors (Lipinski definition) is 0. The average Bonchev–Trinajstić information content (AvgIpc) is 3.36. The molecule has 2 saturated heterocycles. The van der Waals surface area contributed by atoms with Gasteiger partial charge in [0.15, 0.2) is 0 Å². The summed E-state index contributed by atoms with van der Waals surface area (Å²) in [5.74, 6) is -0.755. The number of carbonyl (C=O) groups is 2. The first-order valence-electron chi connectivity index (χ1n) is 12.7. The number of rotatable bonds is 6. The number of sulfonamides is 1. The molecular formula is C26H29FN4O7S. The van der Waals surface area contributed by atoms with Crippen molar-refractivity contribution in [3.8, 4) is 0 Å². The van der Waals surface area contributed by atoms with E-state index < -0.39 is 27.6 Å². The van der Waals surface area contributed by atoms with Crippen LogP contribution >= 0.6 is 0 Å². The molecule has 2 aromatic carbocycles. The molecule has 3 aliphatic rings. The Morgan fingerprint density at radius 3 is 2.28 bits per heavy atom. The summed E-state index contributed by atoms with van der Waals surface area (Å²) >= 11 is 0. The maximum Gasteiger partial charge on any atom is 0.528 e. The molecule has 0 aliphatic carbocycles. The molecule has 3 aliphatic heterocycles. The molecule has 39 heavy (non-hydrogen) atoms. The molecule has 3 heterocycles. The highest BCUT2D eigenvalue weighted by Gasteiger charge is 2.46. The molecule has 0 saturated carbocycles. The van der Waals surface area contributed by atoms with Crippen molar-refractivity contribution < 1.29 is 36.8 Å². The SMILES string of the molecule is O=C(OCc1ccccc1)ON1CCN(C(=O)C2=NOC3(CCN(S(=O)(=O)c4ccc(F)cc4)CC3)C2)CC1. The molecular weight excluding hydrogens is 531 g/mol. The third-order valence-electron chi connectivity index (χ3n) is 7.10. The number of halogens is 1. The standard InChI is InChI=1S/C26H29FN4O7S/c27-21-6-8-22(9-7-21)39(34,35)31-12-10-26(11-13-31)18-23(28-38-26)24(32)29-14-16-30(17-15-29)37-25(33)36-19-20-4-2-1-3-5-20/h1-9H,10-19H2. The van der Waals surface area contributed by atoms with Gasteiger partial charge >= 0.3 is 6.16 Å². The highest BCUT2D eigenvalue weighted by Crippen LogP contribution is 2.36. The number of carbonyl (C=O) groups excluding carboxylic acids is 2. The summed E-state index contributed by atoms with van der Waals surface area (Å²) in [5, 5.41) is 5.52. The zero-order valence-electron chi connectivity index (χ0n) is 21.2. The molecule has 1 amide bonds. The fraction of sp³-hybridized carbons (Fsp3) is 0.423. The maximum atomic E-state index is 13.2. The number of amides is 1. The molecule has 0 unspecified atom stereocenters. The average molecular weight is 561 g/mol. The van der Waals surface area contributed by atoms with Crippen LogP contribution in [0.3, 0.4) is 0 Å². The van der Waals surface area contributed by atoms with Crippen LogP contribution in [0.2, 0.25) is 0 Å². The number of hydroxylamine groups is 2. The molecule has 11 nitrogen and oxygen atoms in total. The number of ether oxygens (including phenoxy) is 1. The second-order valence-electron chi connectivity index (χ2n) is 9.68. The highest BCUT2D eigenvalue weighted by atomic mass is 32.2. The Morgan fingerprint density at radius 2 is 1.62 bits per heavy atom. The first-order chi connectivity index (χ1) is 18.7. The van der Waals surface area contributed by atoms with Crippen molar-refractivity contribution in [2.24, 2.45) is 5.16 Å². The summed E-state index contributed by atoms with van der Waals surface area (Å²) in [7, 11) is -3.75. The van der Waals surface area contributed by atoms with E-state index in [1.807, 2.05) is 30.3 Å². The maximum absolute atomic E-state index is 13.2. The lowest BCUT2D eigenvalue weighted by Gasteiger charge is -2.36. The first kappa shape index (κ1) is 27.0. The molecule has 0 radical (unpaired) electrons. The van der Waals surface area contributed by atoms with Crippen molar-refractivity contribution >= 4 is 27.8 Å². The van der Waals surface area contributed by atoms with E-state index in [9.17, 15) is 22.4 Å². The van der Waals surface area contributed by atoms with Crippen LogP contribution in [0.1, 0.15) is 24.8 Å². The number of piperidine rings is 1. The number of piperazine rings is 1. The van der Waals surface area contributed by atoms with Gasteiger partial charge in [-0.1, -0.05) is 35.5 Å². The fourth-order valence-corrected chi connectivity index (χ4v) is 6.25. The van der Waals surface area contributed by atoms with Crippen LogP contribution in [0.4, 0.5) is 9.18 Å². The van der Waals surface area contributed by atoms with E-state index in [0.717, 1.165) is 17.7 Å². The molecule has 1 spiro atoms. The second-order valence-corrected chi connectivity index (χ2v) is 11.6. The summed E-state index contributed by atoms with van der Waals surface area (Å²) in [6.45, 7) is 1.82. The number of benzene rings is 2. The van der Waals surface area contributed by atoms with Gasteiger partial charge in [0.25, 0.3) is 5.91 Å². The molecule has 2 fully saturated rings. The zero-order chi connectivity index (χ0) is 27.5. The van der Waals surface area contributed by atoms with Crippen molar-refractivity contribution in [1.82, 2.24) is 14.3 Å². The Morgan fingerprint density at radius 1 is 0.949 bits per heavy atom. The molecule has 208 valence electrons. The number of nitrogens with zero attached hydrogens (tertiary/aromatic N) is 4. The molecule has 0 atom stereocenters. The van der Waals surface area contributed by atoms with Gasteiger partial charge in [-0.25, -0.2) is 17.6 Å². The third kappa shape index (κ3) is 6.21. The van der Waals surface area contributed by atoms with Gasteiger partial charge in [-0.3, -0.25) is 4.79 Å². The molecule has 0 bridgehead atoms. The zero-order valence-corrected chi connectivity index (χ0v) is 22.0. The van der Waals surface area contributed by atoms with Crippen LogP contribution in [-0.4, -0.2) is 85.3 Å². The smallest absolute Gasteiger partial charge is 0.428 e. The van der Waals surface area contributed by atoms with Crippen LogP contribution in [0.5, 0.6) is 0 Å². The van der Waals surface area contributed by atoms with Gasteiger partial charge in [0, 0.05) is 45.4 Å². The first-order valence-corrected chi connectivity index (χ1v) is 14.1. The van der Waals surface area contributed by atoms with Crippen LogP contribution in [0.25, 0.3) is 0 Å². The fourth-order valence-electron chi connectivity index (χ4n) is 4.81. The molecule has 13 heteroatoms. The van der Waals surface area contributed by atoms with E-state index in [2.05, 4.69) is 5.16 Å². The van der Waals surface area contributed by atoms with Gasteiger partial charge < -0.3 is 19.3 Å². The van der Waals surface area contributed by atoms with Gasteiger partial charge in [-0.15, -0.1) is 5.06 Å². The Labute approximate surface area is 225 Å². The largest absolute Gasteiger partial charge is 0.528 e. The van der Waals surface area contributed by atoms with E-state index in [1.165, 1.54) is 21.5 Å². The Bertz CT molecular complexity index is 1320. The third-order valence-corrected chi connectivity index (χ3v) is 9.01.